The van der Waals surface area contributed by atoms with E-state index >= 15 is 0 Å². The fourth-order valence-corrected chi connectivity index (χ4v) is 1.27. The van der Waals surface area contributed by atoms with Crippen molar-refractivity contribution in [1.82, 2.24) is 0 Å². The van der Waals surface area contributed by atoms with Crippen molar-refractivity contribution in [3.05, 3.63) is 41.5 Å². The Morgan fingerprint density at radius 3 is 2.60 bits per heavy atom. The molecule has 3 heteroatoms. The van der Waals surface area contributed by atoms with E-state index < -0.39 is 5.97 Å². The molecule has 0 aromatic heterocycles. The molecule has 0 aliphatic heterocycles. The minimum absolute atomic E-state index is 0.423. The summed E-state index contributed by atoms with van der Waals surface area (Å²) >= 11 is 0. The van der Waals surface area contributed by atoms with Crippen molar-refractivity contribution >= 4 is 17.8 Å². The van der Waals surface area contributed by atoms with Gasteiger partial charge in [-0.05, 0) is 18.1 Å². The third-order valence-corrected chi connectivity index (χ3v) is 2.05. The second-order valence-electron chi connectivity index (χ2n) is 3.06. The van der Waals surface area contributed by atoms with Crippen LogP contribution in [-0.2, 0) is 9.53 Å². The second kappa shape index (κ2) is 5.10. The van der Waals surface area contributed by atoms with E-state index in [1.807, 2.05) is 6.07 Å². The number of allylic oxidation sites excluding steroid dienone is 1. The number of hydrogen-bond acceptors (Lipinski definition) is 3. The number of benzene rings is 1. The van der Waals surface area contributed by atoms with Crippen molar-refractivity contribution in [2.75, 3.05) is 7.11 Å². The highest BCUT2D eigenvalue weighted by Crippen LogP contribution is 2.17. The molecule has 78 valence electrons. The maximum absolute atomic E-state index is 11.0. The average molecular weight is 204 g/mol. The third kappa shape index (κ3) is 2.77. The molecule has 1 aromatic rings. The predicted molar refractivity (Wildman–Crippen MR) is 57.5 cm³/mol. The summed E-state index contributed by atoms with van der Waals surface area (Å²) in [6, 6.07) is 7.09. The molecule has 0 heterocycles. The van der Waals surface area contributed by atoms with Gasteiger partial charge in [-0.25, -0.2) is 4.79 Å². The Balaban J connectivity index is 3.10. The Morgan fingerprint density at radius 1 is 1.33 bits per heavy atom. The maximum Gasteiger partial charge on any atom is 0.330 e. The molecule has 0 bridgehead atoms. The van der Waals surface area contributed by atoms with E-state index in [9.17, 15) is 9.59 Å². The van der Waals surface area contributed by atoms with Crippen LogP contribution in [0.3, 0.4) is 0 Å². The minimum atomic E-state index is -0.423. The molecule has 0 saturated carbocycles. The van der Waals surface area contributed by atoms with Crippen molar-refractivity contribution in [3.63, 3.8) is 0 Å². The largest absolute Gasteiger partial charge is 0.466 e. The molecule has 15 heavy (non-hydrogen) atoms. The molecule has 0 radical (unpaired) electrons. The van der Waals surface area contributed by atoms with E-state index in [-0.39, 0.29) is 0 Å². The number of methoxy groups -OCH3 is 1. The number of ether oxygens (including phenoxy) is 1. The number of aldehydes is 1. The number of carbonyl (C=O) groups is 2. The van der Waals surface area contributed by atoms with Gasteiger partial charge in [0.2, 0.25) is 0 Å². The zero-order valence-electron chi connectivity index (χ0n) is 8.69. The van der Waals surface area contributed by atoms with E-state index in [1.54, 1.807) is 25.1 Å². The van der Waals surface area contributed by atoms with Gasteiger partial charge in [0.25, 0.3) is 0 Å². The van der Waals surface area contributed by atoms with Crippen LogP contribution in [0.25, 0.3) is 5.57 Å². The van der Waals surface area contributed by atoms with Crippen molar-refractivity contribution < 1.29 is 14.3 Å². The van der Waals surface area contributed by atoms with E-state index in [2.05, 4.69) is 4.74 Å². The standard InChI is InChI=1S/C12H12O3/c1-9(7-12(14)15-2)11-6-4-3-5-10(11)8-13/h3-8H,1-2H3. The van der Waals surface area contributed by atoms with Crippen molar-refractivity contribution in [2.24, 2.45) is 0 Å². The normalized spacial score (nSPS) is 10.9. The first-order valence-electron chi connectivity index (χ1n) is 4.50. The van der Waals surface area contributed by atoms with Gasteiger partial charge in [0.1, 0.15) is 0 Å². The Labute approximate surface area is 88.4 Å². The van der Waals surface area contributed by atoms with E-state index in [1.165, 1.54) is 13.2 Å². The fourth-order valence-electron chi connectivity index (χ4n) is 1.27. The van der Waals surface area contributed by atoms with Gasteiger partial charge < -0.3 is 4.74 Å². The second-order valence-corrected chi connectivity index (χ2v) is 3.06. The molecule has 0 aliphatic carbocycles. The van der Waals surface area contributed by atoms with Gasteiger partial charge in [-0.1, -0.05) is 24.3 Å². The predicted octanol–water partition coefficient (Wildman–Crippen LogP) is 2.08. The first-order chi connectivity index (χ1) is 7.19. The Bertz CT molecular complexity index is 405. The summed E-state index contributed by atoms with van der Waals surface area (Å²) in [6.45, 7) is 1.76. The average Bonchev–Trinajstić information content (AvgIpc) is 2.28. The molecule has 0 atom stereocenters. The minimum Gasteiger partial charge on any atom is -0.466 e. The zero-order valence-corrected chi connectivity index (χ0v) is 8.69. The highest BCUT2D eigenvalue weighted by atomic mass is 16.5. The van der Waals surface area contributed by atoms with Crippen LogP contribution in [-0.4, -0.2) is 19.4 Å². The van der Waals surface area contributed by atoms with Gasteiger partial charge in [-0.2, -0.15) is 0 Å². The molecule has 0 saturated heterocycles. The lowest BCUT2D eigenvalue weighted by Gasteiger charge is -2.03. The highest BCUT2D eigenvalue weighted by Gasteiger charge is 2.04. The summed E-state index contributed by atoms with van der Waals surface area (Å²) < 4.78 is 4.51. The van der Waals surface area contributed by atoms with Gasteiger partial charge >= 0.3 is 5.97 Å². The molecule has 0 fully saturated rings. The van der Waals surface area contributed by atoms with Crippen LogP contribution in [0.5, 0.6) is 0 Å². The Hall–Kier alpha value is -1.90. The highest BCUT2D eigenvalue weighted by molar-refractivity contribution is 5.94. The van der Waals surface area contributed by atoms with E-state index in [0.717, 1.165) is 11.8 Å². The van der Waals surface area contributed by atoms with E-state index in [4.69, 9.17) is 0 Å². The molecule has 3 nitrogen and oxygen atoms in total. The summed E-state index contributed by atoms with van der Waals surface area (Å²) in [5.74, 6) is -0.423. The quantitative estimate of drug-likeness (QED) is 0.430. The topological polar surface area (TPSA) is 43.4 Å². The van der Waals surface area contributed by atoms with Crippen LogP contribution >= 0.6 is 0 Å². The number of hydrogen-bond donors (Lipinski definition) is 0. The number of esters is 1. The molecule has 0 N–H and O–H groups in total. The smallest absolute Gasteiger partial charge is 0.330 e. The van der Waals surface area contributed by atoms with Crippen LogP contribution < -0.4 is 0 Å². The van der Waals surface area contributed by atoms with Crippen LogP contribution in [0.4, 0.5) is 0 Å². The lowest BCUT2D eigenvalue weighted by Crippen LogP contribution is -1.97. The Kier molecular flexibility index (Phi) is 3.80. The summed E-state index contributed by atoms with van der Waals surface area (Å²) in [6.07, 6.45) is 2.13. The van der Waals surface area contributed by atoms with Crippen LogP contribution in [0.15, 0.2) is 30.3 Å². The fraction of sp³-hybridized carbons (Fsp3) is 0.167. The molecule has 0 spiro atoms. The number of rotatable bonds is 3. The number of carbonyl (C=O) groups excluding carboxylic acids is 2. The van der Waals surface area contributed by atoms with Crippen molar-refractivity contribution in [3.8, 4) is 0 Å². The molecular formula is C12H12O3. The van der Waals surface area contributed by atoms with Crippen LogP contribution in [0.2, 0.25) is 0 Å². The summed E-state index contributed by atoms with van der Waals surface area (Å²) in [5, 5.41) is 0. The van der Waals surface area contributed by atoms with Gasteiger partial charge in [0, 0.05) is 11.6 Å². The summed E-state index contributed by atoms with van der Waals surface area (Å²) in [7, 11) is 1.32. The van der Waals surface area contributed by atoms with Crippen LogP contribution in [0.1, 0.15) is 22.8 Å². The summed E-state index contributed by atoms with van der Waals surface area (Å²) in [5.41, 5.74) is 2.03. The first kappa shape index (κ1) is 11.2. The van der Waals surface area contributed by atoms with Gasteiger partial charge in [-0.3, -0.25) is 4.79 Å². The molecule has 1 rings (SSSR count). The van der Waals surface area contributed by atoms with Gasteiger partial charge in [0.15, 0.2) is 6.29 Å². The zero-order chi connectivity index (χ0) is 11.3. The van der Waals surface area contributed by atoms with Crippen LogP contribution in [0, 0.1) is 0 Å². The van der Waals surface area contributed by atoms with Crippen molar-refractivity contribution in [1.29, 1.82) is 0 Å². The molecule has 0 aliphatic rings. The van der Waals surface area contributed by atoms with Gasteiger partial charge in [-0.15, -0.1) is 0 Å². The first-order valence-corrected chi connectivity index (χ1v) is 4.50. The Morgan fingerprint density at radius 2 is 2.00 bits per heavy atom. The van der Waals surface area contributed by atoms with Gasteiger partial charge in [0.05, 0.1) is 7.11 Å². The maximum atomic E-state index is 11.0. The van der Waals surface area contributed by atoms with E-state index in [0.29, 0.717) is 11.1 Å². The lowest BCUT2D eigenvalue weighted by molar-refractivity contribution is -0.134. The molecular weight excluding hydrogens is 192 g/mol. The third-order valence-electron chi connectivity index (χ3n) is 2.05. The monoisotopic (exact) mass is 204 g/mol. The molecule has 0 unspecified atom stereocenters. The molecule has 0 amide bonds. The van der Waals surface area contributed by atoms with Crippen molar-refractivity contribution in [2.45, 2.75) is 6.92 Å². The SMILES string of the molecule is COC(=O)C=C(C)c1ccccc1C=O. The molecule has 1 aromatic carbocycles. The summed E-state index contributed by atoms with van der Waals surface area (Å²) in [4.78, 5) is 21.8. The lowest BCUT2D eigenvalue weighted by atomic mass is 10.0.